The predicted octanol–water partition coefficient (Wildman–Crippen LogP) is 4.35. The molecule has 5 rings (SSSR count). The van der Waals surface area contributed by atoms with E-state index in [0.717, 1.165) is 29.7 Å². The molecule has 1 aromatic heterocycles. The van der Waals surface area contributed by atoms with Crippen molar-refractivity contribution in [3.8, 4) is 11.3 Å². The summed E-state index contributed by atoms with van der Waals surface area (Å²) >= 11 is 0. The van der Waals surface area contributed by atoms with Crippen LogP contribution >= 0.6 is 0 Å². The van der Waals surface area contributed by atoms with E-state index < -0.39 is 17.7 Å². The van der Waals surface area contributed by atoms with Crippen molar-refractivity contribution in [3.05, 3.63) is 83.6 Å². The molecule has 3 aromatic rings. The average molecular weight is 494 g/mol. The maximum absolute atomic E-state index is 14.3. The van der Waals surface area contributed by atoms with Crippen molar-refractivity contribution >= 4 is 11.8 Å². The molecule has 1 aliphatic carbocycles. The van der Waals surface area contributed by atoms with Gasteiger partial charge in [0.05, 0.1) is 6.26 Å². The molecule has 2 heterocycles. The van der Waals surface area contributed by atoms with Crippen LogP contribution in [0.5, 0.6) is 0 Å². The topological polar surface area (TPSA) is 65.8 Å². The number of nitrogens with zero attached hydrogens (tertiary/aromatic N) is 2. The van der Waals surface area contributed by atoms with Gasteiger partial charge in [-0.2, -0.15) is 0 Å². The molecule has 1 saturated heterocycles. The molecule has 1 N–H and O–H groups in total. The second-order valence-electron chi connectivity index (χ2n) is 9.67. The van der Waals surface area contributed by atoms with Crippen LogP contribution in [-0.4, -0.2) is 46.8 Å². The number of halogens is 2. The molecule has 36 heavy (non-hydrogen) atoms. The first-order valence-electron chi connectivity index (χ1n) is 12.3. The van der Waals surface area contributed by atoms with E-state index in [1.807, 2.05) is 48.2 Å². The highest BCUT2D eigenvalue weighted by Gasteiger charge is 2.44. The Labute approximate surface area is 208 Å². The maximum Gasteiger partial charge on any atom is 0.244 e. The number of nitrogens with one attached hydrogen (secondary N) is 1. The van der Waals surface area contributed by atoms with E-state index in [4.69, 9.17) is 4.42 Å². The summed E-state index contributed by atoms with van der Waals surface area (Å²) in [4.78, 5) is 30.0. The molecular formula is C28H29F2N3O3. The van der Waals surface area contributed by atoms with Gasteiger partial charge in [-0.25, -0.2) is 8.78 Å². The first-order valence-corrected chi connectivity index (χ1v) is 12.3. The Hall–Kier alpha value is -3.52. The van der Waals surface area contributed by atoms with E-state index in [9.17, 15) is 18.4 Å². The van der Waals surface area contributed by atoms with Crippen molar-refractivity contribution in [2.45, 2.75) is 44.9 Å². The number of piperazine rings is 1. The largest absolute Gasteiger partial charge is 0.464 e. The van der Waals surface area contributed by atoms with Gasteiger partial charge >= 0.3 is 0 Å². The summed E-state index contributed by atoms with van der Waals surface area (Å²) < 4.78 is 34.0. The van der Waals surface area contributed by atoms with Crippen LogP contribution in [0.4, 0.5) is 8.78 Å². The van der Waals surface area contributed by atoms with E-state index in [2.05, 4.69) is 5.32 Å². The highest BCUT2D eigenvalue weighted by molar-refractivity contribution is 5.90. The monoisotopic (exact) mass is 493 g/mol. The third-order valence-corrected chi connectivity index (χ3v) is 6.92. The van der Waals surface area contributed by atoms with Gasteiger partial charge in [-0.05, 0) is 49.6 Å². The fraction of sp³-hybridized carbons (Fsp3) is 0.357. The molecule has 1 aliphatic heterocycles. The lowest BCUT2D eigenvalue weighted by molar-refractivity contribution is -0.148. The zero-order valence-electron chi connectivity index (χ0n) is 20.1. The quantitative estimate of drug-likeness (QED) is 0.532. The first kappa shape index (κ1) is 24.2. The number of benzene rings is 2. The summed E-state index contributed by atoms with van der Waals surface area (Å²) in [6.07, 6.45) is 3.29. The molecule has 2 atom stereocenters. The van der Waals surface area contributed by atoms with Gasteiger partial charge in [0.1, 0.15) is 23.4 Å². The smallest absolute Gasteiger partial charge is 0.244 e. The van der Waals surface area contributed by atoms with Gasteiger partial charge < -0.3 is 14.6 Å². The van der Waals surface area contributed by atoms with Gasteiger partial charge in [0.15, 0.2) is 0 Å². The maximum atomic E-state index is 14.3. The lowest BCUT2D eigenvalue weighted by Crippen LogP contribution is -2.64. The molecule has 2 aliphatic rings. The molecular weight excluding hydrogens is 464 g/mol. The van der Waals surface area contributed by atoms with Gasteiger partial charge in [0.2, 0.25) is 11.8 Å². The Kier molecular flexibility index (Phi) is 6.87. The van der Waals surface area contributed by atoms with E-state index >= 15 is 0 Å². The molecule has 2 amide bonds. The van der Waals surface area contributed by atoms with Gasteiger partial charge in [0.25, 0.3) is 0 Å². The second-order valence-corrected chi connectivity index (χ2v) is 9.67. The Morgan fingerprint density at radius 3 is 2.36 bits per heavy atom. The number of carbonyl (C=O) groups excluding carboxylic acids is 2. The van der Waals surface area contributed by atoms with Gasteiger partial charge in [-0.15, -0.1) is 0 Å². The molecule has 2 fully saturated rings. The Bertz CT molecular complexity index is 1210. The van der Waals surface area contributed by atoms with Crippen LogP contribution in [0.3, 0.4) is 0 Å². The third kappa shape index (κ3) is 5.18. The van der Waals surface area contributed by atoms with Crippen LogP contribution < -0.4 is 5.32 Å². The summed E-state index contributed by atoms with van der Waals surface area (Å²) in [6.45, 7) is 2.86. The normalized spacial score (nSPS) is 20.4. The number of hydrogen-bond donors (Lipinski definition) is 1. The minimum absolute atomic E-state index is 0.0119. The Morgan fingerprint density at radius 1 is 1.00 bits per heavy atom. The van der Waals surface area contributed by atoms with Crippen LogP contribution in [0.2, 0.25) is 0 Å². The Balaban J connectivity index is 1.29. The van der Waals surface area contributed by atoms with Crippen molar-refractivity contribution in [1.29, 1.82) is 0 Å². The fourth-order valence-corrected chi connectivity index (χ4v) is 4.87. The zero-order chi connectivity index (χ0) is 25.2. The summed E-state index contributed by atoms with van der Waals surface area (Å²) in [5, 5.41) is 2.96. The number of hydrogen-bond acceptors (Lipinski definition) is 4. The highest BCUT2D eigenvalue weighted by atomic mass is 19.1. The summed E-state index contributed by atoms with van der Waals surface area (Å²) in [5.74, 6) is -0.780. The summed E-state index contributed by atoms with van der Waals surface area (Å²) in [5.41, 5.74) is 1.82. The number of amides is 2. The van der Waals surface area contributed by atoms with E-state index in [1.165, 1.54) is 18.2 Å². The highest BCUT2D eigenvalue weighted by Crippen LogP contribution is 2.34. The number of rotatable bonds is 7. The van der Waals surface area contributed by atoms with Crippen molar-refractivity contribution in [2.24, 2.45) is 5.92 Å². The third-order valence-electron chi connectivity index (χ3n) is 6.92. The van der Waals surface area contributed by atoms with Crippen molar-refractivity contribution in [2.75, 3.05) is 13.1 Å². The van der Waals surface area contributed by atoms with E-state index in [-0.39, 0.29) is 42.4 Å². The van der Waals surface area contributed by atoms with Crippen molar-refractivity contribution < 1.29 is 22.8 Å². The molecule has 0 spiro atoms. The second kappa shape index (κ2) is 10.2. The van der Waals surface area contributed by atoms with Crippen LogP contribution in [0.1, 0.15) is 30.9 Å². The average Bonchev–Trinajstić information content (AvgIpc) is 3.58. The first-order chi connectivity index (χ1) is 17.4. The van der Waals surface area contributed by atoms with Gasteiger partial charge in [-0.1, -0.05) is 30.3 Å². The van der Waals surface area contributed by atoms with E-state index in [0.29, 0.717) is 13.1 Å². The molecule has 188 valence electrons. The van der Waals surface area contributed by atoms with Gasteiger partial charge in [0, 0.05) is 49.3 Å². The van der Waals surface area contributed by atoms with Crippen molar-refractivity contribution in [3.63, 3.8) is 0 Å². The molecule has 8 heteroatoms. The minimum atomic E-state index is -0.737. The summed E-state index contributed by atoms with van der Waals surface area (Å²) in [7, 11) is 0. The van der Waals surface area contributed by atoms with Crippen LogP contribution in [0.15, 0.2) is 65.3 Å². The minimum Gasteiger partial charge on any atom is -0.464 e. The molecule has 2 aromatic carbocycles. The molecule has 2 unspecified atom stereocenters. The van der Waals surface area contributed by atoms with Gasteiger partial charge in [-0.3, -0.25) is 14.5 Å². The lowest BCUT2D eigenvalue weighted by Gasteiger charge is -2.45. The lowest BCUT2D eigenvalue weighted by atomic mass is 10.0. The van der Waals surface area contributed by atoms with Crippen LogP contribution in [0, 0.1) is 17.6 Å². The number of furan rings is 1. The SMILES string of the molecule is CC1CN(Cc2c(F)cccc2F)CC(C(=O)NCc2ccc(-c3ccco3)cc2)N1C(=O)C1CC1. The van der Waals surface area contributed by atoms with Crippen LogP contribution in [0.25, 0.3) is 11.3 Å². The standard InChI is InChI=1S/C28H29F2N3O3/c1-18-15-32(16-22-23(29)4-2-5-24(22)30)17-25(33(18)28(35)21-11-12-21)27(34)31-14-19-7-9-20(10-8-19)26-6-3-13-36-26/h2-10,13,18,21,25H,11-12,14-17H2,1H3,(H,31,34). The predicted molar refractivity (Wildman–Crippen MR) is 130 cm³/mol. The van der Waals surface area contributed by atoms with Crippen LogP contribution in [-0.2, 0) is 22.7 Å². The fourth-order valence-electron chi connectivity index (χ4n) is 4.87. The molecule has 0 radical (unpaired) electrons. The van der Waals surface area contributed by atoms with E-state index in [1.54, 1.807) is 11.2 Å². The molecule has 0 bridgehead atoms. The summed E-state index contributed by atoms with van der Waals surface area (Å²) in [6, 6.07) is 14.2. The van der Waals surface area contributed by atoms with Crippen molar-refractivity contribution in [1.82, 2.24) is 15.1 Å². The zero-order valence-corrected chi connectivity index (χ0v) is 20.1. The molecule has 6 nitrogen and oxygen atoms in total. The molecule has 1 saturated carbocycles. The Morgan fingerprint density at radius 2 is 1.72 bits per heavy atom. The number of carbonyl (C=O) groups is 2.